The van der Waals surface area contributed by atoms with Gasteiger partial charge in [0.15, 0.2) is 0 Å². The van der Waals surface area contributed by atoms with Crippen molar-refractivity contribution in [1.29, 1.82) is 0 Å². The van der Waals surface area contributed by atoms with E-state index in [2.05, 4.69) is 4.72 Å². The van der Waals surface area contributed by atoms with Crippen molar-refractivity contribution in [2.24, 2.45) is 5.73 Å². The molecular weight excluding hydrogens is 234 g/mol. The van der Waals surface area contributed by atoms with E-state index in [1.165, 1.54) is 4.90 Å². The molecule has 0 radical (unpaired) electrons. The third-order valence-corrected chi connectivity index (χ3v) is 3.89. The van der Waals surface area contributed by atoms with Gasteiger partial charge >= 0.3 is 6.09 Å². The zero-order valence-corrected chi connectivity index (χ0v) is 9.74. The predicted octanol–water partition coefficient (Wildman–Crippen LogP) is -0.993. The summed E-state index contributed by atoms with van der Waals surface area (Å²) in [6, 6.07) is -0.332. The van der Waals surface area contributed by atoms with Gasteiger partial charge < -0.3 is 15.7 Å². The van der Waals surface area contributed by atoms with Crippen molar-refractivity contribution >= 4 is 16.1 Å². The highest BCUT2D eigenvalue weighted by Gasteiger charge is 2.26. The van der Waals surface area contributed by atoms with Crippen LogP contribution >= 0.6 is 0 Å². The summed E-state index contributed by atoms with van der Waals surface area (Å²) in [5.74, 6) is -0.128. The first-order valence-electron chi connectivity index (χ1n) is 5.12. The number of nitrogens with zero attached hydrogens (tertiary/aromatic N) is 1. The maximum absolute atomic E-state index is 11.4. The zero-order chi connectivity index (χ0) is 12.2. The monoisotopic (exact) mass is 251 g/mol. The quantitative estimate of drug-likeness (QED) is 0.593. The number of sulfonamides is 1. The summed E-state index contributed by atoms with van der Waals surface area (Å²) >= 11 is 0. The molecule has 1 rings (SSSR count). The fraction of sp³-hybridized carbons (Fsp3) is 0.875. The molecule has 94 valence electrons. The Bertz CT molecular complexity index is 343. The highest BCUT2D eigenvalue weighted by Crippen LogP contribution is 2.10. The fourth-order valence-corrected chi connectivity index (χ4v) is 2.84. The predicted molar refractivity (Wildman–Crippen MR) is 58.6 cm³/mol. The molecule has 0 spiro atoms. The Morgan fingerprint density at radius 2 is 2.25 bits per heavy atom. The Hall–Kier alpha value is -0.860. The Balaban J connectivity index is 2.52. The van der Waals surface area contributed by atoms with Crippen molar-refractivity contribution < 1.29 is 18.3 Å². The van der Waals surface area contributed by atoms with Crippen molar-refractivity contribution in [3.63, 3.8) is 0 Å². The Morgan fingerprint density at radius 3 is 2.81 bits per heavy atom. The third kappa shape index (κ3) is 3.95. The summed E-state index contributed by atoms with van der Waals surface area (Å²) in [6.07, 6.45) is 0.318. The molecule has 0 aromatic rings. The molecule has 1 aliphatic heterocycles. The normalized spacial score (nSPS) is 22.1. The lowest BCUT2D eigenvalue weighted by Gasteiger charge is -2.30. The first-order valence-corrected chi connectivity index (χ1v) is 6.78. The average Bonchev–Trinajstić information content (AvgIpc) is 2.17. The smallest absolute Gasteiger partial charge is 0.407 e. The van der Waals surface area contributed by atoms with E-state index in [4.69, 9.17) is 10.8 Å². The SMILES string of the molecule is NCCS(=O)(=O)N[C@H]1CCCN(C(=O)O)C1. The summed E-state index contributed by atoms with van der Waals surface area (Å²) in [7, 11) is -3.37. The van der Waals surface area contributed by atoms with E-state index < -0.39 is 16.1 Å². The standard InChI is InChI=1S/C8H17N3O4S/c9-3-5-16(14,15)10-7-2-1-4-11(6-7)8(12)13/h7,10H,1-6,9H2,(H,12,13)/t7-/m0/s1. The van der Waals surface area contributed by atoms with Crippen molar-refractivity contribution in [1.82, 2.24) is 9.62 Å². The highest BCUT2D eigenvalue weighted by molar-refractivity contribution is 7.89. The number of hydrogen-bond donors (Lipinski definition) is 3. The number of amides is 1. The maximum atomic E-state index is 11.4. The van der Waals surface area contributed by atoms with Gasteiger partial charge in [0, 0.05) is 25.7 Å². The van der Waals surface area contributed by atoms with E-state index in [9.17, 15) is 13.2 Å². The lowest BCUT2D eigenvalue weighted by Crippen LogP contribution is -2.50. The van der Waals surface area contributed by atoms with Crippen LogP contribution in [0.2, 0.25) is 0 Å². The van der Waals surface area contributed by atoms with Crippen LogP contribution in [0, 0.1) is 0 Å². The van der Waals surface area contributed by atoms with Gasteiger partial charge in [-0.25, -0.2) is 17.9 Å². The maximum Gasteiger partial charge on any atom is 0.407 e. The van der Waals surface area contributed by atoms with Crippen LogP contribution in [-0.4, -0.2) is 55.9 Å². The Kier molecular flexibility index (Phi) is 4.51. The second-order valence-corrected chi connectivity index (χ2v) is 5.67. The number of nitrogens with one attached hydrogen (secondary N) is 1. The number of hydrogen-bond acceptors (Lipinski definition) is 4. The molecule has 1 amide bonds. The summed E-state index contributed by atoms with van der Waals surface area (Å²) < 4.78 is 25.3. The van der Waals surface area contributed by atoms with Crippen LogP contribution in [0.15, 0.2) is 0 Å². The molecule has 1 heterocycles. The molecule has 1 atom stereocenters. The summed E-state index contributed by atoms with van der Waals surface area (Å²) in [5.41, 5.74) is 5.17. The second-order valence-electron chi connectivity index (χ2n) is 3.79. The fourth-order valence-electron chi connectivity index (χ4n) is 1.72. The molecule has 7 nitrogen and oxygen atoms in total. The summed E-state index contributed by atoms with van der Waals surface area (Å²) in [4.78, 5) is 11.9. The molecule has 0 unspecified atom stereocenters. The van der Waals surface area contributed by atoms with Gasteiger partial charge in [-0.15, -0.1) is 0 Å². The molecule has 16 heavy (non-hydrogen) atoms. The molecule has 0 aromatic heterocycles. The Labute approximate surface area is 94.7 Å². The number of piperidine rings is 1. The van der Waals surface area contributed by atoms with E-state index in [0.717, 1.165) is 0 Å². The van der Waals surface area contributed by atoms with Gasteiger partial charge in [0.2, 0.25) is 10.0 Å². The van der Waals surface area contributed by atoms with Gasteiger partial charge in [-0.1, -0.05) is 0 Å². The molecule has 0 aromatic carbocycles. The summed E-state index contributed by atoms with van der Waals surface area (Å²) in [6.45, 7) is 0.730. The molecular formula is C8H17N3O4S. The van der Waals surface area contributed by atoms with Crippen molar-refractivity contribution in [2.45, 2.75) is 18.9 Å². The number of likely N-dealkylation sites (tertiary alicyclic amines) is 1. The van der Waals surface area contributed by atoms with Gasteiger partial charge in [-0.3, -0.25) is 0 Å². The van der Waals surface area contributed by atoms with Gasteiger partial charge in [0.25, 0.3) is 0 Å². The van der Waals surface area contributed by atoms with Gasteiger partial charge in [-0.05, 0) is 12.8 Å². The molecule has 0 bridgehead atoms. The molecule has 1 saturated heterocycles. The molecule has 1 aliphatic rings. The Morgan fingerprint density at radius 1 is 1.56 bits per heavy atom. The van der Waals surface area contributed by atoms with Gasteiger partial charge in [-0.2, -0.15) is 0 Å². The van der Waals surface area contributed by atoms with Crippen molar-refractivity contribution in [3.05, 3.63) is 0 Å². The largest absolute Gasteiger partial charge is 0.465 e. The van der Waals surface area contributed by atoms with Crippen LogP contribution in [-0.2, 0) is 10.0 Å². The molecule has 4 N–H and O–H groups in total. The van der Waals surface area contributed by atoms with Crippen LogP contribution in [0.3, 0.4) is 0 Å². The van der Waals surface area contributed by atoms with Crippen LogP contribution in [0.25, 0.3) is 0 Å². The lowest BCUT2D eigenvalue weighted by molar-refractivity contribution is 0.129. The minimum atomic E-state index is -3.37. The van der Waals surface area contributed by atoms with Crippen molar-refractivity contribution in [3.8, 4) is 0 Å². The van der Waals surface area contributed by atoms with E-state index in [-0.39, 0.29) is 24.9 Å². The van der Waals surface area contributed by atoms with Crippen molar-refractivity contribution in [2.75, 3.05) is 25.4 Å². The van der Waals surface area contributed by atoms with E-state index >= 15 is 0 Å². The van der Waals surface area contributed by atoms with E-state index in [1.807, 2.05) is 0 Å². The minimum absolute atomic E-state index is 0.0602. The first-order chi connectivity index (χ1) is 7.44. The number of carbonyl (C=O) groups is 1. The van der Waals surface area contributed by atoms with Gasteiger partial charge in [0.05, 0.1) is 5.75 Å². The zero-order valence-electron chi connectivity index (χ0n) is 8.92. The van der Waals surface area contributed by atoms with E-state index in [0.29, 0.717) is 19.4 Å². The summed E-state index contributed by atoms with van der Waals surface area (Å²) in [5, 5.41) is 8.79. The lowest BCUT2D eigenvalue weighted by atomic mass is 10.1. The number of rotatable bonds is 4. The minimum Gasteiger partial charge on any atom is -0.465 e. The molecule has 1 fully saturated rings. The topological polar surface area (TPSA) is 113 Å². The van der Waals surface area contributed by atoms with Crippen LogP contribution in [0.4, 0.5) is 4.79 Å². The van der Waals surface area contributed by atoms with Crippen LogP contribution in [0.1, 0.15) is 12.8 Å². The number of nitrogens with two attached hydrogens (primary N) is 1. The average molecular weight is 251 g/mol. The second kappa shape index (κ2) is 5.46. The van der Waals surface area contributed by atoms with Crippen LogP contribution in [0.5, 0.6) is 0 Å². The molecule has 0 aliphatic carbocycles. The first kappa shape index (κ1) is 13.2. The number of carboxylic acid groups (broad SMARTS) is 1. The van der Waals surface area contributed by atoms with Crippen LogP contribution < -0.4 is 10.5 Å². The highest BCUT2D eigenvalue weighted by atomic mass is 32.2. The van der Waals surface area contributed by atoms with E-state index in [1.54, 1.807) is 0 Å². The van der Waals surface area contributed by atoms with Gasteiger partial charge in [0.1, 0.15) is 0 Å². The molecule has 8 heteroatoms. The molecule has 0 saturated carbocycles. The third-order valence-electron chi connectivity index (χ3n) is 2.42.